The molecule has 3 fully saturated rings. The number of esters is 3. The molecule has 4 aliphatic rings. The number of aliphatic hydroxyl groups is 2. The van der Waals surface area contributed by atoms with E-state index in [1.807, 2.05) is 13.8 Å². The van der Waals surface area contributed by atoms with Crippen LogP contribution in [0.2, 0.25) is 0 Å². The summed E-state index contributed by atoms with van der Waals surface area (Å²) in [5, 5.41) is 22.9. The van der Waals surface area contributed by atoms with Crippen molar-refractivity contribution in [3.8, 4) is 0 Å². The molecule has 1 saturated heterocycles. The second-order valence-electron chi connectivity index (χ2n) is 12.6. The van der Waals surface area contributed by atoms with Crippen LogP contribution in [0.1, 0.15) is 64.7 Å². The van der Waals surface area contributed by atoms with Gasteiger partial charge in [-0.15, -0.1) is 0 Å². The lowest BCUT2D eigenvalue weighted by molar-refractivity contribution is -0.335. The highest BCUT2D eigenvalue weighted by Gasteiger charge is 2.75. The fourth-order valence-electron chi connectivity index (χ4n) is 7.98. The van der Waals surface area contributed by atoms with Crippen molar-refractivity contribution in [1.82, 2.24) is 0 Å². The van der Waals surface area contributed by atoms with Crippen LogP contribution in [0.5, 0.6) is 0 Å². The van der Waals surface area contributed by atoms with Crippen LogP contribution in [0, 0.1) is 22.7 Å². The summed E-state index contributed by atoms with van der Waals surface area (Å²) in [6.07, 6.45) is -5.48. The molecule has 5 rings (SSSR count). The molecule has 0 aromatic heterocycles. The van der Waals surface area contributed by atoms with E-state index in [2.05, 4.69) is 0 Å². The molecule has 0 radical (unpaired) electrons. The maximum Gasteiger partial charge on any atom is 0.338 e. The predicted molar refractivity (Wildman–Crippen MR) is 143 cm³/mol. The third-order valence-corrected chi connectivity index (χ3v) is 10.0. The maximum absolute atomic E-state index is 14.8. The van der Waals surface area contributed by atoms with Crippen molar-refractivity contribution in [2.75, 3.05) is 6.61 Å². The van der Waals surface area contributed by atoms with Crippen LogP contribution in [0.3, 0.4) is 0 Å². The van der Waals surface area contributed by atoms with Gasteiger partial charge in [-0.1, -0.05) is 32.0 Å². The van der Waals surface area contributed by atoms with E-state index in [4.69, 9.17) is 18.9 Å². The van der Waals surface area contributed by atoms with Crippen LogP contribution in [0.15, 0.2) is 41.5 Å². The summed E-state index contributed by atoms with van der Waals surface area (Å²) in [5.74, 6) is -4.30. The van der Waals surface area contributed by atoms with Gasteiger partial charge < -0.3 is 29.2 Å². The van der Waals surface area contributed by atoms with Gasteiger partial charge in [-0.2, -0.15) is 0 Å². The molecule has 1 aliphatic heterocycles. The van der Waals surface area contributed by atoms with Crippen LogP contribution < -0.4 is 0 Å². The third kappa shape index (κ3) is 4.33. The van der Waals surface area contributed by atoms with Crippen molar-refractivity contribution < 1.29 is 48.3 Å². The lowest BCUT2D eigenvalue weighted by atomic mass is 9.46. The topological polar surface area (TPSA) is 146 Å². The Morgan fingerprint density at radius 3 is 2.20 bits per heavy atom. The van der Waals surface area contributed by atoms with Crippen LogP contribution in [0.4, 0.5) is 0 Å². The van der Waals surface area contributed by atoms with Crippen molar-refractivity contribution in [3.63, 3.8) is 0 Å². The molecule has 1 aromatic rings. The van der Waals surface area contributed by atoms with Gasteiger partial charge in [0.25, 0.3) is 0 Å². The number of ether oxygens (including phenoxy) is 4. The fourth-order valence-corrected chi connectivity index (χ4v) is 7.98. The summed E-state index contributed by atoms with van der Waals surface area (Å²) >= 11 is 0. The first-order valence-electron chi connectivity index (χ1n) is 14.0. The van der Waals surface area contributed by atoms with Gasteiger partial charge in [0.2, 0.25) is 0 Å². The van der Waals surface area contributed by atoms with E-state index in [-0.39, 0.29) is 25.0 Å². The van der Waals surface area contributed by atoms with Gasteiger partial charge in [-0.05, 0) is 49.0 Å². The van der Waals surface area contributed by atoms with Crippen LogP contribution in [-0.4, -0.2) is 76.6 Å². The van der Waals surface area contributed by atoms with Crippen molar-refractivity contribution >= 4 is 23.7 Å². The Labute approximate surface area is 239 Å². The van der Waals surface area contributed by atoms with Crippen molar-refractivity contribution in [2.45, 2.75) is 90.5 Å². The fraction of sp³-hybridized carbons (Fsp3) is 0.613. The first-order valence-corrected chi connectivity index (χ1v) is 14.0. The standard InChI is InChI=1S/C31H38O10/c1-15-20(34)12-19-24(40-28(37)18-10-8-7-9-11-18)26-30(6,21(35)13-22-31(26,14-38-22)41-17(3)33)27(36)25(39-16(2)32)23(15)29(19,4)5/h7-11,19-22,24-26,34-35H,12-14H2,1-6H3/t19?,20-,21-,22+,24+,25+,26-,30+,31-/m0/s1. The number of aliphatic hydroxyl groups excluding tert-OH is 2. The summed E-state index contributed by atoms with van der Waals surface area (Å²) in [6.45, 7) is 9.36. The number of hydrogen-bond donors (Lipinski definition) is 2. The zero-order valence-corrected chi connectivity index (χ0v) is 24.2. The van der Waals surface area contributed by atoms with Gasteiger partial charge in [-0.3, -0.25) is 14.4 Å². The number of hydrogen-bond acceptors (Lipinski definition) is 10. The number of Topliss-reactive ketones (excluding diaryl/α,β-unsaturated/α-hetero) is 1. The number of fused-ring (bicyclic) bond motifs is 5. The molecule has 222 valence electrons. The molecule has 1 unspecified atom stereocenters. The third-order valence-electron chi connectivity index (χ3n) is 10.0. The van der Waals surface area contributed by atoms with Crippen LogP contribution in [-0.2, 0) is 33.3 Å². The smallest absolute Gasteiger partial charge is 0.338 e. The van der Waals surface area contributed by atoms with Crippen molar-refractivity contribution in [1.29, 1.82) is 0 Å². The average molecular weight is 571 g/mol. The molecular weight excluding hydrogens is 532 g/mol. The summed E-state index contributed by atoms with van der Waals surface area (Å²) in [5.41, 5.74) is -2.84. The molecule has 3 aliphatic carbocycles. The summed E-state index contributed by atoms with van der Waals surface area (Å²) in [7, 11) is 0. The molecule has 1 aromatic carbocycles. The zero-order chi connectivity index (χ0) is 30.1. The Balaban J connectivity index is 1.79. The van der Waals surface area contributed by atoms with Gasteiger partial charge in [0.1, 0.15) is 12.2 Å². The Morgan fingerprint density at radius 2 is 1.63 bits per heavy atom. The highest BCUT2D eigenvalue weighted by molar-refractivity contribution is 5.95. The first-order chi connectivity index (χ1) is 19.2. The Bertz CT molecular complexity index is 1300. The van der Waals surface area contributed by atoms with E-state index < -0.39 is 82.5 Å². The highest BCUT2D eigenvalue weighted by Crippen LogP contribution is 2.63. The Hall–Kier alpha value is -3.08. The lowest BCUT2D eigenvalue weighted by Gasteiger charge is -2.65. The minimum absolute atomic E-state index is 0.0210. The maximum atomic E-state index is 14.8. The van der Waals surface area contributed by atoms with Crippen molar-refractivity contribution in [2.24, 2.45) is 22.7 Å². The molecule has 10 nitrogen and oxygen atoms in total. The van der Waals surface area contributed by atoms with E-state index in [0.717, 1.165) is 0 Å². The number of ketones is 1. The molecule has 2 bridgehead atoms. The van der Waals surface area contributed by atoms with Gasteiger partial charge >= 0.3 is 17.9 Å². The summed E-state index contributed by atoms with van der Waals surface area (Å²) < 4.78 is 23.8. The molecular formula is C31H38O10. The van der Waals surface area contributed by atoms with Crippen LogP contribution >= 0.6 is 0 Å². The first kappa shape index (κ1) is 29.4. The molecule has 41 heavy (non-hydrogen) atoms. The molecule has 0 amide bonds. The van der Waals surface area contributed by atoms with Gasteiger partial charge in [0, 0.05) is 26.2 Å². The normalized spacial score (nSPS) is 39.2. The summed E-state index contributed by atoms with van der Waals surface area (Å²) in [6, 6.07) is 8.38. The number of rotatable bonds is 4. The molecule has 9 atom stereocenters. The number of benzene rings is 1. The van der Waals surface area contributed by atoms with Gasteiger partial charge in [-0.25, -0.2) is 4.79 Å². The molecule has 10 heteroatoms. The Morgan fingerprint density at radius 1 is 0.976 bits per heavy atom. The lowest BCUT2D eigenvalue weighted by Crippen LogP contribution is -2.79. The Kier molecular flexibility index (Phi) is 7.19. The largest absolute Gasteiger partial charge is 0.458 e. The van der Waals surface area contributed by atoms with E-state index in [1.54, 1.807) is 44.2 Å². The predicted octanol–water partition coefficient (Wildman–Crippen LogP) is 2.54. The quantitative estimate of drug-likeness (QED) is 0.315. The molecule has 1 heterocycles. The number of carbonyl (C=O) groups excluding carboxylic acids is 4. The minimum atomic E-state index is -1.69. The van der Waals surface area contributed by atoms with Gasteiger partial charge in [0.15, 0.2) is 17.5 Å². The number of carbonyl (C=O) groups is 4. The monoisotopic (exact) mass is 570 g/mol. The second-order valence-corrected chi connectivity index (χ2v) is 12.6. The van der Waals surface area contributed by atoms with E-state index >= 15 is 0 Å². The zero-order valence-electron chi connectivity index (χ0n) is 24.2. The van der Waals surface area contributed by atoms with E-state index in [0.29, 0.717) is 11.1 Å². The SMILES string of the molecule is CC(=O)O[C@H]1C(=O)[C@@]2(C)[C@H]([C@H](OC(=O)c3ccccc3)C3C[C@H](O)C(C)=C1C3(C)C)[C@]1(OC(C)=O)CO[C@@H]1C[C@@H]2O. The molecule has 0 spiro atoms. The average Bonchev–Trinajstić information content (AvgIpc) is 2.89. The molecule has 2 N–H and O–H groups in total. The minimum Gasteiger partial charge on any atom is -0.458 e. The second kappa shape index (κ2) is 10.0. The van der Waals surface area contributed by atoms with Crippen molar-refractivity contribution in [3.05, 3.63) is 47.0 Å². The van der Waals surface area contributed by atoms with E-state index in [1.165, 1.54) is 13.8 Å². The van der Waals surface area contributed by atoms with Crippen LogP contribution in [0.25, 0.3) is 0 Å². The molecule has 2 saturated carbocycles. The van der Waals surface area contributed by atoms with E-state index in [9.17, 15) is 29.4 Å². The summed E-state index contributed by atoms with van der Waals surface area (Å²) in [4.78, 5) is 53.4. The highest BCUT2D eigenvalue weighted by atomic mass is 16.6. The van der Waals surface area contributed by atoms with Gasteiger partial charge in [0.05, 0.1) is 35.7 Å².